The molecule has 0 aliphatic carbocycles. The van der Waals surface area contributed by atoms with Gasteiger partial charge in [0.1, 0.15) is 6.61 Å². The van der Waals surface area contributed by atoms with Crippen molar-refractivity contribution in [1.29, 1.82) is 0 Å². The Bertz CT molecular complexity index is 1000. The van der Waals surface area contributed by atoms with Crippen LogP contribution in [-0.4, -0.2) is 24.3 Å². The molecule has 3 rings (SSSR count). The highest BCUT2D eigenvalue weighted by Crippen LogP contribution is 2.11. The van der Waals surface area contributed by atoms with Gasteiger partial charge in [0.15, 0.2) is 0 Å². The van der Waals surface area contributed by atoms with Crippen LogP contribution in [0.15, 0.2) is 84.9 Å². The Hall–Kier alpha value is -3.93. The minimum Gasteiger partial charge on any atom is -0.461 e. The van der Waals surface area contributed by atoms with E-state index in [0.717, 1.165) is 16.8 Å². The van der Waals surface area contributed by atoms with E-state index in [1.165, 1.54) is 0 Å². The van der Waals surface area contributed by atoms with Crippen LogP contribution in [0.25, 0.3) is 0 Å². The quantitative estimate of drug-likeness (QED) is 0.521. The van der Waals surface area contributed by atoms with E-state index in [9.17, 15) is 14.4 Å². The zero-order chi connectivity index (χ0) is 21.9. The normalized spacial score (nSPS) is 10.2. The van der Waals surface area contributed by atoms with E-state index < -0.39 is 5.97 Å². The standard InChI is InChI=1S/C25H24N2O4/c28-23(17-19-7-3-1-4-8-19)26-16-15-24(29)31-18-20-11-13-21(14-12-20)25(30)27-22-9-5-2-6-10-22/h1-14H,15-18H2,(H,26,28)(H,27,30). The van der Waals surface area contributed by atoms with Crippen molar-refractivity contribution in [2.75, 3.05) is 11.9 Å². The van der Waals surface area contributed by atoms with E-state index in [4.69, 9.17) is 4.74 Å². The number of rotatable bonds is 9. The molecule has 0 fully saturated rings. The predicted octanol–water partition coefficient (Wildman–Crippen LogP) is 3.73. The van der Waals surface area contributed by atoms with Crippen LogP contribution in [0.5, 0.6) is 0 Å². The van der Waals surface area contributed by atoms with Crippen LogP contribution in [-0.2, 0) is 27.4 Å². The Kier molecular flexibility index (Phi) is 7.94. The first-order chi connectivity index (χ1) is 15.1. The van der Waals surface area contributed by atoms with Crippen molar-refractivity contribution in [2.24, 2.45) is 0 Å². The average molecular weight is 416 g/mol. The number of anilines is 1. The summed E-state index contributed by atoms with van der Waals surface area (Å²) in [6, 6.07) is 25.5. The minimum absolute atomic E-state index is 0.0953. The second-order valence-electron chi connectivity index (χ2n) is 6.94. The molecule has 158 valence electrons. The molecule has 0 atom stereocenters. The lowest BCUT2D eigenvalue weighted by molar-refractivity contribution is -0.144. The molecule has 0 spiro atoms. The summed E-state index contributed by atoms with van der Waals surface area (Å²) in [6.07, 6.45) is 0.373. The Morgan fingerprint density at radius 1 is 0.742 bits per heavy atom. The summed E-state index contributed by atoms with van der Waals surface area (Å²) in [4.78, 5) is 36.0. The molecule has 0 bridgehead atoms. The molecule has 6 heteroatoms. The highest BCUT2D eigenvalue weighted by Gasteiger charge is 2.08. The van der Waals surface area contributed by atoms with Gasteiger partial charge >= 0.3 is 5.97 Å². The second-order valence-corrected chi connectivity index (χ2v) is 6.94. The molecule has 0 saturated heterocycles. The molecular weight excluding hydrogens is 392 g/mol. The average Bonchev–Trinajstić information content (AvgIpc) is 2.79. The molecule has 0 aromatic heterocycles. The fourth-order valence-corrected chi connectivity index (χ4v) is 2.86. The molecule has 0 heterocycles. The fraction of sp³-hybridized carbons (Fsp3) is 0.160. The monoisotopic (exact) mass is 416 g/mol. The third-order valence-corrected chi connectivity index (χ3v) is 4.51. The number of esters is 1. The van der Waals surface area contributed by atoms with E-state index in [0.29, 0.717) is 5.56 Å². The van der Waals surface area contributed by atoms with Gasteiger partial charge in [0.2, 0.25) is 5.91 Å². The lowest BCUT2D eigenvalue weighted by Crippen LogP contribution is -2.27. The molecule has 3 aromatic carbocycles. The van der Waals surface area contributed by atoms with Crippen molar-refractivity contribution in [3.8, 4) is 0 Å². The Labute approximate surface area is 181 Å². The van der Waals surface area contributed by atoms with E-state index >= 15 is 0 Å². The maximum atomic E-state index is 12.2. The molecule has 6 nitrogen and oxygen atoms in total. The summed E-state index contributed by atoms with van der Waals surface area (Å²) >= 11 is 0. The Morgan fingerprint density at radius 2 is 1.39 bits per heavy atom. The van der Waals surface area contributed by atoms with E-state index in [-0.39, 0.29) is 37.8 Å². The van der Waals surface area contributed by atoms with Gasteiger partial charge in [-0.1, -0.05) is 60.7 Å². The molecule has 0 aliphatic rings. The maximum Gasteiger partial charge on any atom is 0.307 e. The van der Waals surface area contributed by atoms with Crippen LogP contribution in [0.2, 0.25) is 0 Å². The number of carbonyl (C=O) groups is 3. The number of hydrogen-bond acceptors (Lipinski definition) is 4. The molecule has 2 N–H and O–H groups in total. The number of hydrogen-bond donors (Lipinski definition) is 2. The zero-order valence-electron chi connectivity index (χ0n) is 17.0. The van der Waals surface area contributed by atoms with Gasteiger partial charge in [-0.05, 0) is 35.4 Å². The van der Waals surface area contributed by atoms with Crippen molar-refractivity contribution in [3.63, 3.8) is 0 Å². The van der Waals surface area contributed by atoms with Gasteiger partial charge in [-0.2, -0.15) is 0 Å². The largest absolute Gasteiger partial charge is 0.461 e. The Balaban J connectivity index is 1.36. The van der Waals surface area contributed by atoms with E-state index in [1.54, 1.807) is 24.3 Å². The zero-order valence-corrected chi connectivity index (χ0v) is 17.0. The fourth-order valence-electron chi connectivity index (χ4n) is 2.86. The van der Waals surface area contributed by atoms with Crippen molar-refractivity contribution in [1.82, 2.24) is 5.32 Å². The van der Waals surface area contributed by atoms with Gasteiger partial charge in [-0.3, -0.25) is 14.4 Å². The lowest BCUT2D eigenvalue weighted by atomic mass is 10.1. The smallest absolute Gasteiger partial charge is 0.307 e. The molecule has 3 aromatic rings. The molecule has 0 aliphatic heterocycles. The topological polar surface area (TPSA) is 84.5 Å². The van der Waals surface area contributed by atoms with Crippen molar-refractivity contribution in [3.05, 3.63) is 102 Å². The van der Waals surface area contributed by atoms with Gasteiger partial charge < -0.3 is 15.4 Å². The highest BCUT2D eigenvalue weighted by atomic mass is 16.5. The number of nitrogens with one attached hydrogen (secondary N) is 2. The van der Waals surface area contributed by atoms with Crippen LogP contribution in [0, 0.1) is 0 Å². The third kappa shape index (κ3) is 7.44. The summed E-state index contributed by atoms with van der Waals surface area (Å²) in [5, 5.41) is 5.53. The first kappa shape index (κ1) is 21.8. The van der Waals surface area contributed by atoms with Crippen LogP contribution in [0.3, 0.4) is 0 Å². The van der Waals surface area contributed by atoms with Crippen LogP contribution < -0.4 is 10.6 Å². The summed E-state index contributed by atoms with van der Waals surface area (Å²) in [6.45, 7) is 0.334. The Morgan fingerprint density at radius 3 is 2.06 bits per heavy atom. The summed E-state index contributed by atoms with van der Waals surface area (Å²) < 4.78 is 5.23. The minimum atomic E-state index is -0.397. The number of ether oxygens (including phenoxy) is 1. The third-order valence-electron chi connectivity index (χ3n) is 4.51. The van der Waals surface area contributed by atoms with E-state index in [1.807, 2.05) is 60.7 Å². The molecule has 0 unspecified atom stereocenters. The maximum absolute atomic E-state index is 12.2. The van der Waals surface area contributed by atoms with Gasteiger partial charge in [0.25, 0.3) is 5.91 Å². The second kappa shape index (κ2) is 11.3. The van der Waals surface area contributed by atoms with Crippen molar-refractivity contribution >= 4 is 23.5 Å². The van der Waals surface area contributed by atoms with Crippen LogP contribution in [0.1, 0.15) is 27.9 Å². The van der Waals surface area contributed by atoms with Crippen molar-refractivity contribution in [2.45, 2.75) is 19.4 Å². The van der Waals surface area contributed by atoms with Gasteiger partial charge in [0.05, 0.1) is 12.8 Å². The number of carbonyl (C=O) groups excluding carboxylic acids is 3. The predicted molar refractivity (Wildman–Crippen MR) is 118 cm³/mol. The molecular formula is C25H24N2O4. The van der Waals surface area contributed by atoms with Gasteiger partial charge in [0, 0.05) is 17.8 Å². The van der Waals surface area contributed by atoms with Gasteiger partial charge in [-0.25, -0.2) is 0 Å². The molecule has 0 saturated carbocycles. The SMILES string of the molecule is O=C(Cc1ccccc1)NCCC(=O)OCc1ccc(C(=O)Nc2ccccc2)cc1. The molecule has 2 amide bonds. The van der Waals surface area contributed by atoms with E-state index in [2.05, 4.69) is 10.6 Å². The molecule has 0 radical (unpaired) electrons. The van der Waals surface area contributed by atoms with Crippen LogP contribution in [0.4, 0.5) is 5.69 Å². The number of para-hydroxylation sites is 1. The first-order valence-electron chi connectivity index (χ1n) is 10.0. The van der Waals surface area contributed by atoms with Crippen LogP contribution >= 0.6 is 0 Å². The first-order valence-corrected chi connectivity index (χ1v) is 10.0. The summed E-state index contributed by atoms with van der Waals surface area (Å²) in [5.74, 6) is -0.740. The summed E-state index contributed by atoms with van der Waals surface area (Å²) in [7, 11) is 0. The van der Waals surface area contributed by atoms with Gasteiger partial charge in [-0.15, -0.1) is 0 Å². The molecule has 31 heavy (non-hydrogen) atoms. The summed E-state index contributed by atoms with van der Waals surface area (Å²) in [5.41, 5.74) is 2.93. The number of benzene rings is 3. The number of amides is 2. The highest BCUT2D eigenvalue weighted by molar-refractivity contribution is 6.04. The van der Waals surface area contributed by atoms with Crippen molar-refractivity contribution < 1.29 is 19.1 Å². The lowest BCUT2D eigenvalue weighted by Gasteiger charge is -2.08.